The Labute approximate surface area is 397 Å². The van der Waals surface area contributed by atoms with Gasteiger partial charge in [0.1, 0.15) is 5.58 Å². The van der Waals surface area contributed by atoms with E-state index in [-0.39, 0.29) is 0 Å². The molecule has 0 saturated heterocycles. The van der Waals surface area contributed by atoms with Gasteiger partial charge in [0, 0.05) is 55.1 Å². The van der Waals surface area contributed by atoms with Crippen LogP contribution in [0.1, 0.15) is 27.7 Å². The van der Waals surface area contributed by atoms with Crippen LogP contribution in [0.25, 0.3) is 99.2 Å². The molecule has 3 aromatic heterocycles. The lowest BCUT2D eigenvalue weighted by molar-refractivity contribution is 0.669. The van der Waals surface area contributed by atoms with Crippen LogP contribution in [0.15, 0.2) is 241 Å². The molecule has 10 aromatic carbocycles. The van der Waals surface area contributed by atoms with Gasteiger partial charge in [-0.2, -0.15) is 0 Å². The minimum absolute atomic E-state index is 0.870. The number of hydrogen-bond donors (Lipinski definition) is 0. The highest BCUT2D eigenvalue weighted by Crippen LogP contribution is 2.44. The third-order valence-electron chi connectivity index (χ3n) is 12.9. The Kier molecular flexibility index (Phi) is 11.1. The van der Waals surface area contributed by atoms with Crippen LogP contribution in [-0.2, 0) is 0 Å². The standard InChI is InChI=1S/C60H39N3O.2C2H6/c1-4-15-44(16-5-1)61(58-25-14-23-50-49-22-11-13-26-59(49)64-60(50)58)47-32-27-40(28-33-47)41-29-34-56-52(37-41)53-39-43(31-36-57(53)63(56)46-19-8-3-9-20-46)42-30-35-55-51(38-42)48-21-10-12-24-54(48)62(55)45-17-6-2-7-18-45;2*1-2/h1-39H;2*1-2H3. The van der Waals surface area contributed by atoms with Crippen LogP contribution in [0.3, 0.4) is 0 Å². The molecule has 4 nitrogen and oxygen atoms in total. The van der Waals surface area contributed by atoms with E-state index in [1.54, 1.807) is 0 Å². The summed E-state index contributed by atoms with van der Waals surface area (Å²) in [5, 5.41) is 7.15. The van der Waals surface area contributed by atoms with Crippen LogP contribution in [0.2, 0.25) is 0 Å². The molecule has 3 heterocycles. The predicted molar refractivity (Wildman–Crippen MR) is 291 cm³/mol. The van der Waals surface area contributed by atoms with Gasteiger partial charge in [-0.1, -0.05) is 161 Å². The first kappa shape index (κ1) is 42.1. The van der Waals surface area contributed by atoms with E-state index < -0.39 is 0 Å². The van der Waals surface area contributed by atoms with Crippen LogP contribution < -0.4 is 4.90 Å². The molecule has 0 bridgehead atoms. The van der Waals surface area contributed by atoms with Gasteiger partial charge in [0.05, 0.1) is 27.8 Å². The van der Waals surface area contributed by atoms with E-state index in [0.29, 0.717) is 0 Å². The Morgan fingerprint density at radius 2 is 0.721 bits per heavy atom. The molecule has 13 rings (SSSR count). The molecule has 0 amide bonds. The van der Waals surface area contributed by atoms with E-state index in [0.717, 1.165) is 61.5 Å². The van der Waals surface area contributed by atoms with Crippen molar-refractivity contribution in [3.8, 4) is 33.6 Å². The topological polar surface area (TPSA) is 26.2 Å². The van der Waals surface area contributed by atoms with Crippen molar-refractivity contribution in [2.24, 2.45) is 0 Å². The molecule has 0 aliphatic heterocycles. The molecule has 328 valence electrons. The monoisotopic (exact) mass is 877 g/mol. The molecule has 68 heavy (non-hydrogen) atoms. The zero-order chi connectivity index (χ0) is 46.1. The van der Waals surface area contributed by atoms with Crippen molar-refractivity contribution in [3.63, 3.8) is 0 Å². The van der Waals surface area contributed by atoms with Gasteiger partial charge in [0.15, 0.2) is 5.58 Å². The van der Waals surface area contributed by atoms with Gasteiger partial charge in [-0.15, -0.1) is 0 Å². The van der Waals surface area contributed by atoms with E-state index >= 15 is 0 Å². The molecule has 0 aliphatic rings. The summed E-state index contributed by atoms with van der Waals surface area (Å²) in [6.45, 7) is 8.00. The van der Waals surface area contributed by atoms with Crippen molar-refractivity contribution < 1.29 is 4.42 Å². The highest BCUT2D eigenvalue weighted by Gasteiger charge is 2.20. The van der Waals surface area contributed by atoms with Gasteiger partial charge < -0.3 is 18.5 Å². The normalized spacial score (nSPS) is 11.2. The number of aromatic nitrogens is 2. The lowest BCUT2D eigenvalue weighted by Crippen LogP contribution is -2.10. The van der Waals surface area contributed by atoms with Crippen molar-refractivity contribution in [1.29, 1.82) is 0 Å². The maximum atomic E-state index is 6.56. The fraction of sp³-hybridized carbons (Fsp3) is 0.0625. The number of hydrogen-bond acceptors (Lipinski definition) is 2. The molecule has 0 spiro atoms. The summed E-state index contributed by atoms with van der Waals surface area (Å²) in [6, 6.07) is 85.1. The molecule has 13 aromatic rings. The number of anilines is 3. The fourth-order valence-corrected chi connectivity index (χ4v) is 9.96. The van der Waals surface area contributed by atoms with Crippen molar-refractivity contribution in [2.75, 3.05) is 4.90 Å². The summed E-state index contributed by atoms with van der Waals surface area (Å²) < 4.78 is 11.3. The van der Waals surface area contributed by atoms with E-state index in [2.05, 4.69) is 238 Å². The zero-order valence-corrected chi connectivity index (χ0v) is 38.8. The maximum Gasteiger partial charge on any atom is 0.159 e. The first-order chi connectivity index (χ1) is 33.7. The third kappa shape index (κ3) is 7.10. The second kappa shape index (κ2) is 18.0. The largest absolute Gasteiger partial charge is 0.454 e. The van der Waals surface area contributed by atoms with Gasteiger partial charge >= 0.3 is 0 Å². The van der Waals surface area contributed by atoms with Crippen molar-refractivity contribution in [1.82, 2.24) is 9.13 Å². The fourth-order valence-electron chi connectivity index (χ4n) is 9.96. The molecule has 0 fully saturated rings. The average molecular weight is 878 g/mol. The smallest absolute Gasteiger partial charge is 0.159 e. The quantitative estimate of drug-likeness (QED) is 0.159. The SMILES string of the molecule is CC.CC.c1ccc(N(c2ccc(-c3ccc4c(c3)c3cc(-c5ccc6c(c5)c5ccccc5n6-c5ccccc5)ccc3n4-c3ccccc3)cc2)c2cccc3c2oc2ccccc23)cc1. The number of nitrogens with zero attached hydrogens (tertiary/aromatic N) is 3. The number of benzene rings is 10. The molecule has 0 unspecified atom stereocenters. The van der Waals surface area contributed by atoms with Crippen LogP contribution in [-0.4, -0.2) is 9.13 Å². The minimum Gasteiger partial charge on any atom is -0.454 e. The molecule has 0 saturated carbocycles. The summed E-state index contributed by atoms with van der Waals surface area (Å²) in [5.41, 5.74) is 16.6. The lowest BCUT2D eigenvalue weighted by atomic mass is 9.99. The van der Waals surface area contributed by atoms with Crippen molar-refractivity contribution in [3.05, 3.63) is 237 Å². The molecule has 0 radical (unpaired) electrons. The predicted octanol–water partition coefficient (Wildman–Crippen LogP) is 18.6. The third-order valence-corrected chi connectivity index (χ3v) is 12.9. The molecule has 4 heteroatoms. The Balaban J connectivity index is 0.00000124. The van der Waals surface area contributed by atoms with E-state index in [1.807, 2.05) is 39.8 Å². The first-order valence-corrected chi connectivity index (χ1v) is 23.8. The van der Waals surface area contributed by atoms with E-state index in [9.17, 15) is 0 Å². The van der Waals surface area contributed by atoms with E-state index in [4.69, 9.17) is 4.42 Å². The van der Waals surface area contributed by atoms with Crippen LogP contribution in [0.4, 0.5) is 17.1 Å². The first-order valence-electron chi connectivity index (χ1n) is 23.8. The Hall–Kier alpha value is -8.60. The molecular weight excluding hydrogens is 827 g/mol. The molecule has 0 N–H and O–H groups in total. The Morgan fingerprint density at radius 1 is 0.309 bits per heavy atom. The maximum absolute atomic E-state index is 6.56. The summed E-state index contributed by atoms with van der Waals surface area (Å²) in [4.78, 5) is 2.30. The second-order valence-electron chi connectivity index (χ2n) is 16.5. The molecule has 0 atom stereocenters. The highest BCUT2D eigenvalue weighted by atomic mass is 16.3. The van der Waals surface area contributed by atoms with Gasteiger partial charge in [-0.05, 0) is 125 Å². The van der Waals surface area contributed by atoms with Gasteiger partial charge in [-0.25, -0.2) is 0 Å². The van der Waals surface area contributed by atoms with Gasteiger partial charge in [-0.3, -0.25) is 0 Å². The second-order valence-corrected chi connectivity index (χ2v) is 16.5. The number of rotatable bonds is 7. The van der Waals surface area contributed by atoms with Crippen molar-refractivity contribution in [2.45, 2.75) is 27.7 Å². The Morgan fingerprint density at radius 3 is 1.29 bits per heavy atom. The van der Waals surface area contributed by atoms with Crippen molar-refractivity contribution >= 4 is 82.6 Å². The summed E-state index contributed by atoms with van der Waals surface area (Å²) in [5.74, 6) is 0. The van der Waals surface area contributed by atoms with Crippen LogP contribution in [0.5, 0.6) is 0 Å². The zero-order valence-electron chi connectivity index (χ0n) is 38.8. The van der Waals surface area contributed by atoms with Crippen LogP contribution >= 0.6 is 0 Å². The van der Waals surface area contributed by atoms with E-state index in [1.165, 1.54) is 54.7 Å². The minimum atomic E-state index is 0.870. The summed E-state index contributed by atoms with van der Waals surface area (Å²) in [7, 11) is 0. The average Bonchev–Trinajstić information content (AvgIpc) is 4.08. The van der Waals surface area contributed by atoms with Gasteiger partial charge in [0.2, 0.25) is 0 Å². The summed E-state index contributed by atoms with van der Waals surface area (Å²) >= 11 is 0. The highest BCUT2D eigenvalue weighted by molar-refractivity contribution is 6.14. The number of furan rings is 1. The lowest BCUT2D eigenvalue weighted by Gasteiger charge is -2.25. The van der Waals surface area contributed by atoms with Gasteiger partial charge in [0.25, 0.3) is 0 Å². The molecular formula is C64H51N3O. The molecule has 0 aliphatic carbocycles. The number of para-hydroxylation sites is 6. The van der Waals surface area contributed by atoms with Crippen LogP contribution in [0, 0.1) is 0 Å². The summed E-state index contributed by atoms with van der Waals surface area (Å²) in [6.07, 6.45) is 0. The Bertz CT molecular complexity index is 3880. The number of fused-ring (bicyclic) bond motifs is 9.